The Kier molecular flexibility index (Phi) is 5.50. The Labute approximate surface area is 151 Å². The van der Waals surface area contributed by atoms with E-state index in [9.17, 15) is 4.79 Å². The van der Waals surface area contributed by atoms with Crippen molar-refractivity contribution in [3.63, 3.8) is 0 Å². The number of hydrogen-bond donors (Lipinski definition) is 1. The Morgan fingerprint density at radius 2 is 1.64 bits per heavy atom. The molecule has 2 aromatic carbocycles. The molecule has 1 atom stereocenters. The van der Waals surface area contributed by atoms with Crippen LogP contribution in [-0.4, -0.2) is 26.3 Å². The molecule has 128 valence electrons. The molecule has 0 radical (unpaired) electrons. The fourth-order valence-electron chi connectivity index (χ4n) is 2.44. The lowest BCUT2D eigenvalue weighted by atomic mass is 10.2. The Hall–Kier alpha value is -2.60. The van der Waals surface area contributed by atoms with Gasteiger partial charge in [-0.1, -0.05) is 55.1 Å². The van der Waals surface area contributed by atoms with Crippen LogP contribution >= 0.6 is 11.8 Å². The number of amides is 1. The van der Waals surface area contributed by atoms with Crippen molar-refractivity contribution >= 4 is 29.0 Å². The first-order valence-electron chi connectivity index (χ1n) is 8.21. The van der Waals surface area contributed by atoms with Gasteiger partial charge in [0.25, 0.3) is 0 Å². The lowest BCUT2D eigenvalue weighted by Gasteiger charge is -2.25. The molecular weight excluding hydrogens is 332 g/mol. The summed E-state index contributed by atoms with van der Waals surface area (Å²) in [4.78, 5) is 19.3. The number of aryl methyl sites for hydroxylation is 1. The maximum absolute atomic E-state index is 13.2. The predicted octanol–water partition coefficient (Wildman–Crippen LogP) is 4.21. The Morgan fingerprint density at radius 1 is 1.08 bits per heavy atom. The largest absolute Gasteiger partial charge is 0.280 e. The van der Waals surface area contributed by atoms with Gasteiger partial charge >= 0.3 is 0 Å². The summed E-state index contributed by atoms with van der Waals surface area (Å²) in [6.07, 6.45) is 0.788. The van der Waals surface area contributed by atoms with Crippen LogP contribution in [0.2, 0.25) is 0 Å². The summed E-state index contributed by atoms with van der Waals surface area (Å²) in [5.74, 6) is 0.815. The molecule has 0 saturated carbocycles. The van der Waals surface area contributed by atoms with Crippen LogP contribution in [0.1, 0.15) is 19.7 Å². The standard InChI is InChI=1S/C19H20N4OS/c1-3-17-20-19(22-21-17)25-14(2)18(24)23(15-10-6-4-7-11-15)16-12-8-5-9-13-16/h4-14H,3H2,1-2H3,(H,20,21,22). The van der Waals surface area contributed by atoms with Crippen LogP contribution in [0, 0.1) is 0 Å². The maximum atomic E-state index is 13.2. The summed E-state index contributed by atoms with van der Waals surface area (Å²) in [7, 11) is 0. The number of aromatic nitrogens is 3. The van der Waals surface area contributed by atoms with E-state index in [-0.39, 0.29) is 11.2 Å². The van der Waals surface area contributed by atoms with Crippen molar-refractivity contribution in [1.82, 2.24) is 15.2 Å². The first-order valence-corrected chi connectivity index (χ1v) is 9.09. The highest BCUT2D eigenvalue weighted by Crippen LogP contribution is 2.29. The molecule has 1 aromatic heterocycles. The molecule has 1 amide bonds. The van der Waals surface area contributed by atoms with Crippen LogP contribution in [0.25, 0.3) is 0 Å². The van der Waals surface area contributed by atoms with E-state index in [1.807, 2.05) is 74.5 Å². The number of H-pyrrole nitrogens is 1. The molecule has 5 nitrogen and oxygen atoms in total. The number of anilines is 2. The molecule has 0 aliphatic heterocycles. The molecule has 1 N–H and O–H groups in total. The zero-order chi connectivity index (χ0) is 17.6. The van der Waals surface area contributed by atoms with E-state index in [1.54, 1.807) is 4.90 Å². The van der Waals surface area contributed by atoms with Crippen LogP contribution < -0.4 is 4.90 Å². The number of nitrogens with zero attached hydrogens (tertiary/aromatic N) is 3. The SMILES string of the molecule is CCc1nc(SC(C)C(=O)N(c2ccccc2)c2ccccc2)n[nH]1. The third kappa shape index (κ3) is 4.09. The van der Waals surface area contributed by atoms with E-state index in [0.29, 0.717) is 5.16 Å². The molecule has 0 saturated heterocycles. The van der Waals surface area contributed by atoms with Gasteiger partial charge in [0, 0.05) is 17.8 Å². The van der Waals surface area contributed by atoms with Crippen molar-refractivity contribution in [1.29, 1.82) is 0 Å². The van der Waals surface area contributed by atoms with Gasteiger partial charge in [0.1, 0.15) is 5.82 Å². The van der Waals surface area contributed by atoms with Crippen molar-refractivity contribution in [3.8, 4) is 0 Å². The average molecular weight is 352 g/mol. The highest BCUT2D eigenvalue weighted by Gasteiger charge is 2.25. The molecule has 0 spiro atoms. The van der Waals surface area contributed by atoms with Gasteiger partial charge < -0.3 is 0 Å². The molecule has 6 heteroatoms. The molecule has 0 aliphatic carbocycles. The summed E-state index contributed by atoms with van der Waals surface area (Å²) in [6.45, 7) is 3.89. The van der Waals surface area contributed by atoms with Crippen molar-refractivity contribution in [2.45, 2.75) is 30.7 Å². The Morgan fingerprint density at radius 3 is 2.12 bits per heavy atom. The summed E-state index contributed by atoms with van der Waals surface area (Å²) in [6, 6.07) is 19.3. The number of hydrogen-bond acceptors (Lipinski definition) is 4. The van der Waals surface area contributed by atoms with Gasteiger partial charge in [0.2, 0.25) is 11.1 Å². The molecule has 0 fully saturated rings. The number of thioether (sulfide) groups is 1. The fraction of sp³-hybridized carbons (Fsp3) is 0.211. The van der Waals surface area contributed by atoms with E-state index < -0.39 is 0 Å². The zero-order valence-corrected chi connectivity index (χ0v) is 15.0. The summed E-state index contributed by atoms with van der Waals surface area (Å²) >= 11 is 1.36. The van der Waals surface area contributed by atoms with Crippen LogP contribution in [-0.2, 0) is 11.2 Å². The minimum absolute atomic E-state index is 0.00903. The van der Waals surface area contributed by atoms with Gasteiger partial charge in [-0.3, -0.25) is 14.8 Å². The number of carbonyl (C=O) groups is 1. The predicted molar refractivity (Wildman–Crippen MR) is 101 cm³/mol. The molecule has 0 aliphatic rings. The van der Waals surface area contributed by atoms with Crippen LogP contribution in [0.4, 0.5) is 11.4 Å². The molecule has 3 rings (SSSR count). The lowest BCUT2D eigenvalue weighted by molar-refractivity contribution is -0.117. The van der Waals surface area contributed by atoms with Gasteiger partial charge in [-0.25, -0.2) is 4.98 Å². The highest BCUT2D eigenvalue weighted by molar-refractivity contribution is 8.00. The number of aromatic amines is 1. The van der Waals surface area contributed by atoms with E-state index in [4.69, 9.17) is 0 Å². The number of rotatable bonds is 6. The summed E-state index contributed by atoms with van der Waals surface area (Å²) in [5, 5.41) is 7.33. The zero-order valence-electron chi connectivity index (χ0n) is 14.2. The quantitative estimate of drug-likeness (QED) is 0.675. The Balaban J connectivity index is 1.86. The Bertz CT molecular complexity index is 780. The summed E-state index contributed by atoms with van der Waals surface area (Å²) in [5.41, 5.74) is 1.69. The van der Waals surface area contributed by atoms with Crippen LogP contribution in [0.5, 0.6) is 0 Å². The highest BCUT2D eigenvalue weighted by atomic mass is 32.2. The molecule has 25 heavy (non-hydrogen) atoms. The number of para-hydroxylation sites is 2. The third-order valence-corrected chi connectivity index (χ3v) is 4.67. The maximum Gasteiger partial charge on any atom is 0.244 e. The van der Waals surface area contributed by atoms with Crippen molar-refractivity contribution < 1.29 is 4.79 Å². The fourth-order valence-corrected chi connectivity index (χ4v) is 3.22. The van der Waals surface area contributed by atoms with Gasteiger partial charge in [-0.2, -0.15) is 0 Å². The smallest absolute Gasteiger partial charge is 0.244 e. The second-order valence-electron chi connectivity index (χ2n) is 5.52. The minimum Gasteiger partial charge on any atom is -0.280 e. The topological polar surface area (TPSA) is 61.9 Å². The second-order valence-corrected chi connectivity index (χ2v) is 6.83. The van der Waals surface area contributed by atoms with Gasteiger partial charge in [-0.15, -0.1) is 5.10 Å². The third-order valence-electron chi connectivity index (χ3n) is 3.73. The normalized spacial score (nSPS) is 11.9. The van der Waals surface area contributed by atoms with Crippen molar-refractivity contribution in [2.75, 3.05) is 4.90 Å². The van der Waals surface area contributed by atoms with Crippen molar-refractivity contribution in [2.24, 2.45) is 0 Å². The number of carbonyl (C=O) groups excluding carboxylic acids is 1. The monoisotopic (exact) mass is 352 g/mol. The molecular formula is C19H20N4OS. The van der Waals surface area contributed by atoms with E-state index >= 15 is 0 Å². The molecule has 3 aromatic rings. The van der Waals surface area contributed by atoms with E-state index in [1.165, 1.54) is 11.8 Å². The number of nitrogens with one attached hydrogen (secondary N) is 1. The molecule has 1 unspecified atom stereocenters. The average Bonchev–Trinajstić information content (AvgIpc) is 3.11. The second kappa shape index (κ2) is 7.98. The van der Waals surface area contributed by atoms with Crippen LogP contribution in [0.15, 0.2) is 65.8 Å². The first kappa shape index (κ1) is 17.2. The van der Waals surface area contributed by atoms with E-state index in [2.05, 4.69) is 15.2 Å². The minimum atomic E-state index is -0.319. The van der Waals surface area contributed by atoms with Gasteiger partial charge in [0.15, 0.2) is 0 Å². The first-order chi connectivity index (χ1) is 12.2. The molecule has 1 heterocycles. The van der Waals surface area contributed by atoms with Crippen molar-refractivity contribution in [3.05, 3.63) is 66.5 Å². The molecule has 0 bridgehead atoms. The number of benzene rings is 2. The van der Waals surface area contributed by atoms with Gasteiger partial charge in [0.05, 0.1) is 5.25 Å². The lowest BCUT2D eigenvalue weighted by Crippen LogP contribution is -2.32. The van der Waals surface area contributed by atoms with Gasteiger partial charge in [-0.05, 0) is 31.2 Å². The summed E-state index contributed by atoms with van der Waals surface area (Å²) < 4.78 is 0. The van der Waals surface area contributed by atoms with E-state index in [0.717, 1.165) is 23.6 Å². The van der Waals surface area contributed by atoms with Crippen LogP contribution in [0.3, 0.4) is 0 Å².